The number of aromatic nitrogens is 2. The standard InChI is InChI=1S/C17H9F2N3O/c18-11-6-7-12(13(19)8-11)15-14-9-20-17(23)22(14)21-16(15)10-4-2-1-3-5-10/h1-9H. The number of rotatable bonds is 2. The van der Waals surface area contributed by atoms with Gasteiger partial charge in [0.05, 0.1) is 11.9 Å². The van der Waals surface area contributed by atoms with Crippen LogP contribution in [0.4, 0.5) is 13.6 Å². The minimum absolute atomic E-state index is 0.174. The Morgan fingerprint density at radius 3 is 2.52 bits per heavy atom. The molecule has 1 aromatic heterocycles. The Bertz CT molecular complexity index is 961. The van der Waals surface area contributed by atoms with Crippen molar-refractivity contribution in [3.8, 4) is 22.4 Å². The maximum absolute atomic E-state index is 14.3. The lowest BCUT2D eigenvalue weighted by Crippen LogP contribution is -2.05. The van der Waals surface area contributed by atoms with E-state index < -0.39 is 17.7 Å². The highest BCUT2D eigenvalue weighted by Crippen LogP contribution is 2.36. The van der Waals surface area contributed by atoms with Gasteiger partial charge in [-0.1, -0.05) is 30.3 Å². The number of hydrogen-bond acceptors (Lipinski definition) is 2. The number of carbonyl (C=O) groups excluding carboxylic acids is 1. The molecule has 0 bridgehead atoms. The van der Waals surface area contributed by atoms with Crippen LogP contribution in [0.5, 0.6) is 0 Å². The second kappa shape index (κ2) is 4.95. The summed E-state index contributed by atoms with van der Waals surface area (Å²) < 4.78 is 28.6. The van der Waals surface area contributed by atoms with E-state index in [1.165, 1.54) is 18.3 Å². The van der Waals surface area contributed by atoms with E-state index in [0.29, 0.717) is 17.0 Å². The van der Waals surface area contributed by atoms with Crippen LogP contribution in [0.3, 0.4) is 0 Å². The van der Waals surface area contributed by atoms with Crippen molar-refractivity contribution >= 4 is 12.2 Å². The highest BCUT2D eigenvalue weighted by molar-refractivity contribution is 6.06. The summed E-state index contributed by atoms with van der Waals surface area (Å²) in [4.78, 5) is 15.5. The zero-order valence-corrected chi connectivity index (χ0v) is 11.7. The van der Waals surface area contributed by atoms with Crippen molar-refractivity contribution < 1.29 is 13.6 Å². The van der Waals surface area contributed by atoms with E-state index in [1.807, 2.05) is 30.3 Å². The van der Waals surface area contributed by atoms with E-state index in [9.17, 15) is 13.6 Å². The lowest BCUT2D eigenvalue weighted by Gasteiger charge is -2.06. The summed E-state index contributed by atoms with van der Waals surface area (Å²) in [6.45, 7) is 0. The highest BCUT2D eigenvalue weighted by Gasteiger charge is 2.27. The minimum Gasteiger partial charge on any atom is -0.244 e. The van der Waals surface area contributed by atoms with Gasteiger partial charge in [-0.3, -0.25) is 0 Å². The van der Waals surface area contributed by atoms with Gasteiger partial charge in [0.2, 0.25) is 0 Å². The molecule has 0 fully saturated rings. The van der Waals surface area contributed by atoms with Crippen LogP contribution in [0, 0.1) is 11.6 Å². The van der Waals surface area contributed by atoms with Crippen molar-refractivity contribution in [1.29, 1.82) is 0 Å². The van der Waals surface area contributed by atoms with Crippen LogP contribution < -0.4 is 0 Å². The molecule has 0 unspecified atom stereocenters. The number of fused-ring (bicyclic) bond motifs is 1. The van der Waals surface area contributed by atoms with Gasteiger partial charge in [-0.2, -0.15) is 14.8 Å². The monoisotopic (exact) mass is 309 g/mol. The molecule has 0 saturated heterocycles. The molecule has 23 heavy (non-hydrogen) atoms. The van der Waals surface area contributed by atoms with Gasteiger partial charge in [-0.15, -0.1) is 0 Å². The molecule has 0 saturated carbocycles. The van der Waals surface area contributed by atoms with E-state index in [2.05, 4.69) is 10.1 Å². The average Bonchev–Trinajstić information content (AvgIpc) is 3.09. The molecule has 0 atom stereocenters. The third kappa shape index (κ3) is 2.07. The van der Waals surface area contributed by atoms with Gasteiger partial charge in [0.25, 0.3) is 0 Å². The first-order chi connectivity index (χ1) is 11.1. The van der Waals surface area contributed by atoms with Crippen LogP contribution in [-0.4, -0.2) is 22.0 Å². The molecule has 2 heterocycles. The van der Waals surface area contributed by atoms with Crippen LogP contribution >= 0.6 is 0 Å². The number of halogens is 2. The summed E-state index contributed by atoms with van der Waals surface area (Å²) in [6.07, 6.45) is 1.35. The predicted molar refractivity (Wildman–Crippen MR) is 81.4 cm³/mol. The molecule has 3 aromatic rings. The molecular formula is C17H9F2N3O. The first-order valence-electron chi connectivity index (χ1n) is 6.87. The van der Waals surface area contributed by atoms with E-state index in [0.717, 1.165) is 16.3 Å². The summed E-state index contributed by atoms with van der Waals surface area (Å²) in [5, 5.41) is 4.26. The van der Waals surface area contributed by atoms with Gasteiger partial charge in [-0.25, -0.2) is 13.6 Å². The molecule has 0 N–H and O–H groups in total. The van der Waals surface area contributed by atoms with E-state index >= 15 is 0 Å². The predicted octanol–water partition coefficient (Wildman–Crippen LogP) is 3.90. The molecule has 4 rings (SSSR count). The maximum atomic E-state index is 14.3. The van der Waals surface area contributed by atoms with Crippen molar-refractivity contribution in [3.63, 3.8) is 0 Å². The van der Waals surface area contributed by atoms with Gasteiger partial charge in [0.1, 0.15) is 17.3 Å². The molecule has 112 valence electrons. The first kappa shape index (κ1) is 13.5. The van der Waals surface area contributed by atoms with E-state index in [-0.39, 0.29) is 5.56 Å². The Balaban J connectivity index is 2.03. The number of amides is 1. The molecule has 6 heteroatoms. The van der Waals surface area contributed by atoms with Gasteiger partial charge < -0.3 is 0 Å². The van der Waals surface area contributed by atoms with Crippen LogP contribution in [0.2, 0.25) is 0 Å². The van der Waals surface area contributed by atoms with Crippen LogP contribution in [0.25, 0.3) is 22.4 Å². The fourth-order valence-electron chi connectivity index (χ4n) is 2.62. The Morgan fingerprint density at radius 2 is 1.78 bits per heavy atom. The largest absolute Gasteiger partial charge is 0.368 e. The third-order valence-corrected chi connectivity index (χ3v) is 3.65. The zero-order chi connectivity index (χ0) is 16.0. The number of carbonyl (C=O) groups is 1. The molecule has 0 spiro atoms. The quantitative estimate of drug-likeness (QED) is 0.721. The van der Waals surface area contributed by atoms with Gasteiger partial charge >= 0.3 is 6.03 Å². The Morgan fingerprint density at radius 1 is 1.00 bits per heavy atom. The number of aliphatic imine (C=N–C) groups is 1. The first-order valence-corrected chi connectivity index (χ1v) is 6.87. The lowest BCUT2D eigenvalue weighted by molar-refractivity contribution is 0.249. The lowest BCUT2D eigenvalue weighted by atomic mass is 9.98. The van der Waals surface area contributed by atoms with E-state index in [4.69, 9.17) is 0 Å². The molecule has 0 aliphatic carbocycles. The SMILES string of the molecule is O=C1N=Cc2c(-c3ccc(F)cc3F)c(-c3ccccc3)nn21. The van der Waals surface area contributed by atoms with Crippen LogP contribution in [0.15, 0.2) is 53.5 Å². The summed E-state index contributed by atoms with van der Waals surface area (Å²) in [5.41, 5.74) is 2.16. The van der Waals surface area contributed by atoms with Gasteiger partial charge in [0, 0.05) is 22.8 Å². The summed E-state index contributed by atoms with van der Waals surface area (Å²) in [7, 11) is 0. The number of benzene rings is 2. The summed E-state index contributed by atoms with van der Waals surface area (Å²) in [5.74, 6) is -1.38. The molecule has 1 aliphatic heterocycles. The van der Waals surface area contributed by atoms with Crippen molar-refractivity contribution in [2.75, 3.05) is 0 Å². The van der Waals surface area contributed by atoms with Crippen LogP contribution in [-0.2, 0) is 0 Å². The second-order valence-electron chi connectivity index (χ2n) is 5.05. The number of nitrogens with zero attached hydrogens (tertiary/aromatic N) is 3. The summed E-state index contributed by atoms with van der Waals surface area (Å²) in [6, 6.07) is 11.9. The molecule has 1 amide bonds. The second-order valence-corrected chi connectivity index (χ2v) is 5.05. The Hall–Kier alpha value is -3.15. The fourth-order valence-corrected chi connectivity index (χ4v) is 2.62. The Labute approximate surface area is 129 Å². The molecule has 0 radical (unpaired) electrons. The third-order valence-electron chi connectivity index (χ3n) is 3.65. The smallest absolute Gasteiger partial charge is 0.244 e. The van der Waals surface area contributed by atoms with E-state index in [1.54, 1.807) is 0 Å². The van der Waals surface area contributed by atoms with Crippen molar-refractivity contribution in [1.82, 2.24) is 9.78 Å². The zero-order valence-electron chi connectivity index (χ0n) is 11.7. The minimum atomic E-state index is -0.717. The fraction of sp³-hybridized carbons (Fsp3) is 0. The van der Waals surface area contributed by atoms with Gasteiger partial charge in [0.15, 0.2) is 0 Å². The topological polar surface area (TPSA) is 47.2 Å². The van der Waals surface area contributed by atoms with Gasteiger partial charge in [-0.05, 0) is 12.1 Å². The molecule has 1 aliphatic rings. The number of hydrogen-bond donors (Lipinski definition) is 0. The molecule has 4 nitrogen and oxygen atoms in total. The molecule has 2 aromatic carbocycles. The van der Waals surface area contributed by atoms with Crippen molar-refractivity contribution in [3.05, 3.63) is 65.9 Å². The normalized spacial score (nSPS) is 12.7. The highest BCUT2D eigenvalue weighted by atomic mass is 19.1. The van der Waals surface area contributed by atoms with Crippen molar-refractivity contribution in [2.24, 2.45) is 4.99 Å². The summed E-state index contributed by atoms with van der Waals surface area (Å²) >= 11 is 0. The molecular weight excluding hydrogens is 300 g/mol. The maximum Gasteiger partial charge on any atom is 0.368 e. The van der Waals surface area contributed by atoms with Crippen LogP contribution in [0.1, 0.15) is 5.69 Å². The average molecular weight is 309 g/mol. The Kier molecular flexibility index (Phi) is 2.90. The van der Waals surface area contributed by atoms with Crippen molar-refractivity contribution in [2.45, 2.75) is 0 Å².